The molecule has 1 unspecified atom stereocenters. The zero-order valence-corrected chi connectivity index (χ0v) is 8.52. The summed E-state index contributed by atoms with van der Waals surface area (Å²) in [6, 6.07) is 0. The van der Waals surface area contributed by atoms with Crippen LogP contribution < -0.4 is 0 Å². The molecular formula is C13H20. The number of allylic oxidation sites excluding steroid dienone is 2. The zero-order chi connectivity index (χ0) is 8.67. The first kappa shape index (κ1) is 8.08. The van der Waals surface area contributed by atoms with Crippen molar-refractivity contribution >= 4 is 0 Å². The Morgan fingerprint density at radius 2 is 1.69 bits per heavy atom. The quantitative estimate of drug-likeness (QED) is 0.528. The molecule has 0 N–H and O–H groups in total. The molecule has 0 radical (unpaired) electrons. The Hall–Kier alpha value is -0.260. The van der Waals surface area contributed by atoms with E-state index in [0.717, 1.165) is 11.8 Å². The number of rotatable bonds is 1. The van der Waals surface area contributed by atoms with E-state index in [9.17, 15) is 0 Å². The molecule has 0 heterocycles. The molecule has 0 saturated heterocycles. The summed E-state index contributed by atoms with van der Waals surface area (Å²) < 4.78 is 0. The summed E-state index contributed by atoms with van der Waals surface area (Å²) in [5.74, 6) is 2.13. The average Bonchev–Trinajstić information content (AvgIpc) is 2.80. The molecule has 0 spiro atoms. The second kappa shape index (κ2) is 3.15. The molecule has 0 amide bonds. The molecule has 0 heteroatoms. The molecule has 3 aliphatic carbocycles. The molecule has 13 heavy (non-hydrogen) atoms. The molecule has 0 aromatic heterocycles. The fourth-order valence-electron chi connectivity index (χ4n) is 3.76. The standard InChI is InChI=1S/C13H20/c1-2-4-11(5-3-1)13-9-10-6-7-12(13)8-10/h10-11H,1-9H2. The maximum atomic E-state index is 1.94. The van der Waals surface area contributed by atoms with E-state index in [0.29, 0.717) is 0 Å². The number of hydrogen-bond donors (Lipinski definition) is 0. The van der Waals surface area contributed by atoms with Crippen molar-refractivity contribution in [3.63, 3.8) is 0 Å². The topological polar surface area (TPSA) is 0 Å². The van der Waals surface area contributed by atoms with Crippen molar-refractivity contribution in [1.29, 1.82) is 0 Å². The summed E-state index contributed by atoms with van der Waals surface area (Å²) in [4.78, 5) is 0. The average molecular weight is 176 g/mol. The Labute approximate surface area is 81.4 Å². The molecule has 0 aliphatic heterocycles. The second-order valence-corrected chi connectivity index (χ2v) is 5.28. The van der Waals surface area contributed by atoms with E-state index in [1.54, 1.807) is 0 Å². The van der Waals surface area contributed by atoms with E-state index >= 15 is 0 Å². The lowest BCUT2D eigenvalue weighted by molar-refractivity contribution is 0.382. The molecule has 3 rings (SSSR count). The van der Waals surface area contributed by atoms with E-state index in [2.05, 4.69) is 0 Å². The Bertz CT molecular complexity index is 230. The van der Waals surface area contributed by atoms with Gasteiger partial charge in [-0.2, -0.15) is 0 Å². The first-order chi connectivity index (χ1) is 6.43. The summed E-state index contributed by atoms with van der Waals surface area (Å²) in [7, 11) is 0. The van der Waals surface area contributed by atoms with Gasteiger partial charge in [0.15, 0.2) is 0 Å². The van der Waals surface area contributed by atoms with Gasteiger partial charge < -0.3 is 0 Å². The largest absolute Gasteiger partial charge is 0.0704 e. The van der Waals surface area contributed by atoms with Crippen molar-refractivity contribution in [2.75, 3.05) is 0 Å². The molecule has 2 saturated carbocycles. The van der Waals surface area contributed by atoms with Crippen LogP contribution >= 0.6 is 0 Å². The lowest BCUT2D eigenvalue weighted by Gasteiger charge is -2.26. The SMILES string of the molecule is C1CCC(C2=C3CCC(C3)C2)CC1. The van der Waals surface area contributed by atoms with Crippen LogP contribution in [-0.4, -0.2) is 0 Å². The van der Waals surface area contributed by atoms with E-state index in [1.807, 2.05) is 11.1 Å². The van der Waals surface area contributed by atoms with Crippen LogP contribution in [0.4, 0.5) is 0 Å². The second-order valence-electron chi connectivity index (χ2n) is 5.28. The number of fused-ring (bicyclic) bond motifs is 2. The highest BCUT2D eigenvalue weighted by atomic mass is 14.4. The van der Waals surface area contributed by atoms with Crippen LogP contribution in [0.3, 0.4) is 0 Å². The van der Waals surface area contributed by atoms with Gasteiger partial charge >= 0.3 is 0 Å². The smallest absolute Gasteiger partial charge is 0.0200 e. The molecule has 0 aromatic rings. The molecule has 1 atom stereocenters. The van der Waals surface area contributed by atoms with Gasteiger partial charge in [0.25, 0.3) is 0 Å². The minimum atomic E-state index is 1.04. The van der Waals surface area contributed by atoms with E-state index in [-0.39, 0.29) is 0 Å². The summed E-state index contributed by atoms with van der Waals surface area (Å²) in [5.41, 5.74) is 3.84. The van der Waals surface area contributed by atoms with Crippen LogP contribution in [0.15, 0.2) is 11.1 Å². The third-order valence-electron chi connectivity index (χ3n) is 4.45. The summed E-state index contributed by atoms with van der Waals surface area (Å²) in [5, 5.41) is 0. The maximum Gasteiger partial charge on any atom is -0.0200 e. The van der Waals surface area contributed by atoms with Crippen LogP contribution in [0.5, 0.6) is 0 Å². The highest BCUT2D eigenvalue weighted by Gasteiger charge is 2.33. The van der Waals surface area contributed by atoms with Crippen LogP contribution in [0.1, 0.15) is 57.8 Å². The fraction of sp³-hybridized carbons (Fsp3) is 0.846. The van der Waals surface area contributed by atoms with Crippen molar-refractivity contribution in [1.82, 2.24) is 0 Å². The molecule has 2 fully saturated rings. The predicted octanol–water partition coefficient (Wildman–Crippen LogP) is 4.07. The summed E-state index contributed by atoms with van der Waals surface area (Å²) in [6.45, 7) is 0. The van der Waals surface area contributed by atoms with Gasteiger partial charge in [0.05, 0.1) is 0 Å². The highest BCUT2D eigenvalue weighted by Crippen LogP contribution is 2.49. The van der Waals surface area contributed by atoms with E-state index in [4.69, 9.17) is 0 Å². The summed E-state index contributed by atoms with van der Waals surface area (Å²) in [6.07, 6.45) is 13.5. The van der Waals surface area contributed by atoms with Gasteiger partial charge in [-0.15, -0.1) is 0 Å². The zero-order valence-electron chi connectivity index (χ0n) is 8.52. The Morgan fingerprint density at radius 3 is 2.31 bits per heavy atom. The molecule has 72 valence electrons. The van der Waals surface area contributed by atoms with Gasteiger partial charge in [0, 0.05) is 0 Å². The van der Waals surface area contributed by atoms with E-state index in [1.165, 1.54) is 57.8 Å². The Morgan fingerprint density at radius 1 is 0.846 bits per heavy atom. The van der Waals surface area contributed by atoms with Gasteiger partial charge in [-0.1, -0.05) is 30.4 Å². The van der Waals surface area contributed by atoms with E-state index < -0.39 is 0 Å². The minimum Gasteiger partial charge on any atom is -0.0704 e. The van der Waals surface area contributed by atoms with Crippen molar-refractivity contribution in [2.45, 2.75) is 57.8 Å². The van der Waals surface area contributed by atoms with Gasteiger partial charge in [-0.05, 0) is 50.4 Å². The van der Waals surface area contributed by atoms with Crippen molar-refractivity contribution in [3.8, 4) is 0 Å². The van der Waals surface area contributed by atoms with Crippen molar-refractivity contribution in [2.24, 2.45) is 11.8 Å². The normalized spacial score (nSPS) is 34.6. The third kappa shape index (κ3) is 1.35. The van der Waals surface area contributed by atoms with Crippen LogP contribution in [0.2, 0.25) is 0 Å². The summed E-state index contributed by atoms with van der Waals surface area (Å²) >= 11 is 0. The van der Waals surface area contributed by atoms with Gasteiger partial charge in [0.2, 0.25) is 0 Å². The van der Waals surface area contributed by atoms with Crippen LogP contribution in [-0.2, 0) is 0 Å². The lowest BCUT2D eigenvalue weighted by atomic mass is 9.80. The molecule has 0 aromatic carbocycles. The Kier molecular flexibility index (Phi) is 1.96. The minimum absolute atomic E-state index is 1.04. The first-order valence-corrected chi connectivity index (χ1v) is 6.14. The number of hydrogen-bond acceptors (Lipinski definition) is 0. The monoisotopic (exact) mass is 176 g/mol. The van der Waals surface area contributed by atoms with Crippen molar-refractivity contribution in [3.05, 3.63) is 11.1 Å². The fourth-order valence-corrected chi connectivity index (χ4v) is 3.76. The van der Waals surface area contributed by atoms with Crippen LogP contribution in [0, 0.1) is 11.8 Å². The predicted molar refractivity (Wildman–Crippen MR) is 55.6 cm³/mol. The molecule has 2 bridgehead atoms. The van der Waals surface area contributed by atoms with Gasteiger partial charge in [-0.3, -0.25) is 0 Å². The molecule has 3 aliphatic rings. The first-order valence-electron chi connectivity index (χ1n) is 6.14. The maximum absolute atomic E-state index is 1.94. The molecule has 0 nitrogen and oxygen atoms in total. The van der Waals surface area contributed by atoms with Crippen molar-refractivity contribution < 1.29 is 0 Å². The third-order valence-corrected chi connectivity index (χ3v) is 4.45. The van der Waals surface area contributed by atoms with Gasteiger partial charge in [-0.25, -0.2) is 0 Å². The lowest BCUT2D eigenvalue weighted by Crippen LogP contribution is -2.11. The molecular weight excluding hydrogens is 156 g/mol. The highest BCUT2D eigenvalue weighted by molar-refractivity contribution is 5.28. The Balaban J connectivity index is 1.77. The van der Waals surface area contributed by atoms with Crippen LogP contribution in [0.25, 0.3) is 0 Å². The van der Waals surface area contributed by atoms with Gasteiger partial charge in [0.1, 0.15) is 0 Å².